The van der Waals surface area contributed by atoms with Gasteiger partial charge in [-0.05, 0) is 125 Å². The summed E-state index contributed by atoms with van der Waals surface area (Å²) < 4.78 is 50.2. The molecule has 8 aromatic rings. The van der Waals surface area contributed by atoms with Gasteiger partial charge in [-0.25, -0.2) is 23.1 Å². The molecule has 15 nitrogen and oxygen atoms in total. The van der Waals surface area contributed by atoms with E-state index in [1.54, 1.807) is 65.6 Å². The fourth-order valence-corrected chi connectivity index (χ4v) is 10.8. The third kappa shape index (κ3) is 6.14. The lowest BCUT2D eigenvalue weighted by atomic mass is 9.83. The summed E-state index contributed by atoms with van der Waals surface area (Å²) in [5.74, 6) is -0.925. The van der Waals surface area contributed by atoms with Gasteiger partial charge < -0.3 is 14.2 Å². The first-order chi connectivity index (χ1) is 31.1. The van der Waals surface area contributed by atoms with Crippen LogP contribution < -0.4 is 11.4 Å². The van der Waals surface area contributed by atoms with Crippen molar-refractivity contribution >= 4 is 27.7 Å². The SMILES string of the molecule is Cc1cc(-n2nc3c(c2-n2ccn(-c4ccc5c(cnn5C)c4F)c2=O)[C@@H](C)N(C(=O)c2cc4cc([C@@H]5CCOC(C)(C)C5)ccc4n2[C@@]2(c4noc(=O)[nH]4)C[C@@H]2C)CC3)cc(C)c1F. The molecule has 2 aliphatic heterocycles. The van der Waals surface area contributed by atoms with Crippen molar-refractivity contribution < 1.29 is 22.8 Å². The molecule has 1 N–H and O–H groups in total. The first kappa shape index (κ1) is 40.9. The number of hydrogen-bond acceptors (Lipinski definition) is 8. The predicted molar refractivity (Wildman–Crippen MR) is 237 cm³/mol. The maximum atomic E-state index is 16.1. The molecule has 0 unspecified atom stereocenters. The van der Waals surface area contributed by atoms with Crippen LogP contribution in [0.15, 0.2) is 81.2 Å². The number of aromatic amines is 1. The molecule has 1 saturated carbocycles. The van der Waals surface area contributed by atoms with E-state index in [-0.39, 0.29) is 40.2 Å². The minimum absolute atomic E-state index is 0.00109. The Hall–Kier alpha value is -6.88. The van der Waals surface area contributed by atoms with Crippen LogP contribution in [0.4, 0.5) is 8.78 Å². The smallest absolute Gasteiger partial charge is 0.376 e. The van der Waals surface area contributed by atoms with Crippen molar-refractivity contribution in [1.29, 1.82) is 0 Å². The number of hydrogen-bond donors (Lipinski definition) is 1. The summed E-state index contributed by atoms with van der Waals surface area (Å²) in [6.45, 7) is 12.5. The van der Waals surface area contributed by atoms with Crippen LogP contribution in [0.1, 0.15) is 103 Å². The second kappa shape index (κ2) is 14.3. The Bertz CT molecular complexity index is 3380. The maximum absolute atomic E-state index is 16.1. The number of rotatable bonds is 7. The van der Waals surface area contributed by atoms with E-state index in [1.165, 1.54) is 21.5 Å². The minimum atomic E-state index is -0.857. The number of nitrogens with zero attached hydrogens (tertiary/aromatic N) is 9. The highest BCUT2D eigenvalue weighted by Gasteiger charge is 2.59. The maximum Gasteiger partial charge on any atom is 0.438 e. The van der Waals surface area contributed by atoms with E-state index in [1.807, 2.05) is 17.6 Å². The van der Waals surface area contributed by atoms with Crippen molar-refractivity contribution in [1.82, 2.24) is 48.3 Å². The van der Waals surface area contributed by atoms with Gasteiger partial charge in [0.25, 0.3) is 5.91 Å². The average molecular weight is 883 g/mol. The Balaban J connectivity index is 1.06. The fraction of sp³-hybridized carbons (Fsp3) is 0.375. The molecular formula is C48H48F2N10O5. The molecule has 0 radical (unpaired) electrons. The van der Waals surface area contributed by atoms with Crippen LogP contribution in [0.5, 0.6) is 0 Å². The summed E-state index contributed by atoms with van der Waals surface area (Å²) in [6, 6.07) is 14.3. The van der Waals surface area contributed by atoms with Crippen molar-refractivity contribution in [3.63, 3.8) is 0 Å². The van der Waals surface area contributed by atoms with Gasteiger partial charge in [-0.1, -0.05) is 18.1 Å². The molecule has 65 heavy (non-hydrogen) atoms. The largest absolute Gasteiger partial charge is 0.438 e. The Kier molecular flexibility index (Phi) is 9.00. The molecule has 5 aromatic heterocycles. The van der Waals surface area contributed by atoms with Gasteiger partial charge in [0.05, 0.1) is 45.8 Å². The fourth-order valence-electron chi connectivity index (χ4n) is 10.8. The second-order valence-electron chi connectivity index (χ2n) is 18.8. The van der Waals surface area contributed by atoms with E-state index in [0.29, 0.717) is 76.9 Å². The van der Waals surface area contributed by atoms with Gasteiger partial charge in [0, 0.05) is 55.5 Å². The van der Waals surface area contributed by atoms with E-state index in [0.717, 1.165) is 29.3 Å². The molecule has 2 fully saturated rings. The molecule has 3 aliphatic rings. The zero-order chi connectivity index (χ0) is 45.4. The zero-order valence-corrected chi connectivity index (χ0v) is 37.1. The Labute approximate surface area is 370 Å². The number of aryl methyl sites for hydroxylation is 3. The first-order valence-electron chi connectivity index (χ1n) is 22.0. The number of benzene rings is 3. The van der Waals surface area contributed by atoms with Crippen LogP contribution in [0.25, 0.3) is 39.0 Å². The predicted octanol–water partition coefficient (Wildman–Crippen LogP) is 7.44. The van der Waals surface area contributed by atoms with Gasteiger partial charge in [0.1, 0.15) is 22.9 Å². The topological polar surface area (TPSA) is 156 Å². The van der Waals surface area contributed by atoms with Gasteiger partial charge >= 0.3 is 11.4 Å². The lowest BCUT2D eigenvalue weighted by Gasteiger charge is -2.35. The third-order valence-electron chi connectivity index (χ3n) is 14.2. The van der Waals surface area contributed by atoms with Crippen LogP contribution in [0.3, 0.4) is 0 Å². The molecule has 7 heterocycles. The van der Waals surface area contributed by atoms with Gasteiger partial charge in [-0.15, -0.1) is 0 Å². The Morgan fingerprint density at radius 2 is 1.68 bits per heavy atom. The van der Waals surface area contributed by atoms with Crippen molar-refractivity contribution in [3.8, 4) is 17.2 Å². The van der Waals surface area contributed by atoms with Crippen LogP contribution in [0.2, 0.25) is 0 Å². The minimum Gasteiger partial charge on any atom is -0.376 e. The molecule has 11 rings (SSSR count). The molecule has 0 spiro atoms. The van der Waals surface area contributed by atoms with Crippen LogP contribution in [-0.2, 0) is 23.7 Å². The molecule has 1 amide bonds. The van der Waals surface area contributed by atoms with Crippen molar-refractivity contribution in [2.24, 2.45) is 13.0 Å². The molecule has 1 aliphatic carbocycles. The molecule has 334 valence electrons. The number of fused-ring (bicyclic) bond motifs is 3. The number of nitrogens with one attached hydrogen (secondary N) is 1. The summed E-state index contributed by atoms with van der Waals surface area (Å²) in [6.07, 6.45) is 7.17. The first-order valence-corrected chi connectivity index (χ1v) is 22.0. The number of ether oxygens (including phenoxy) is 1. The molecular weight excluding hydrogens is 835 g/mol. The number of halogens is 2. The van der Waals surface area contributed by atoms with Crippen LogP contribution >= 0.6 is 0 Å². The summed E-state index contributed by atoms with van der Waals surface area (Å²) >= 11 is 0. The lowest BCUT2D eigenvalue weighted by Crippen LogP contribution is -2.41. The number of imidazole rings is 1. The standard InChI is InChI=1S/C48H48F2N10O5/c1-25-18-32(19-26(2)40(25)49)60-42(58-16-15-57(46(58)63)37-11-10-36-33(41(37)50)24-51-55(36)7)39-28(4)56(14-12-34(39)53-60)43(61)38-21-31-20-29(30-13-17-64-47(5,6)23-30)8-9-35(31)59(38)48(22-27(48)3)44-52-45(62)65-54-44/h8-11,15-16,18-21,24,27-28,30H,12-14,17,22-23H2,1-7H3,(H,52,54,62)/t27-,28+,30+,48-/m0/s1. The summed E-state index contributed by atoms with van der Waals surface area (Å²) in [5.41, 5.74) is 3.92. The van der Waals surface area contributed by atoms with Crippen LogP contribution in [0, 0.1) is 31.4 Å². The van der Waals surface area contributed by atoms with Gasteiger partial charge in [-0.3, -0.25) is 28.1 Å². The summed E-state index contributed by atoms with van der Waals surface area (Å²) in [7, 11) is 1.72. The monoisotopic (exact) mass is 882 g/mol. The molecule has 0 bridgehead atoms. The van der Waals surface area contributed by atoms with E-state index >= 15 is 13.6 Å². The summed E-state index contributed by atoms with van der Waals surface area (Å²) in [4.78, 5) is 47.2. The van der Waals surface area contributed by atoms with E-state index in [4.69, 9.17) is 14.4 Å². The normalized spacial score (nSPS) is 21.7. The van der Waals surface area contributed by atoms with Gasteiger partial charge in [0.2, 0.25) is 0 Å². The van der Waals surface area contributed by atoms with Crippen molar-refractivity contribution in [2.75, 3.05) is 13.2 Å². The second-order valence-corrected chi connectivity index (χ2v) is 18.8. The number of aromatic nitrogens is 9. The Morgan fingerprint density at radius 3 is 2.38 bits per heavy atom. The highest BCUT2D eigenvalue weighted by atomic mass is 19.1. The van der Waals surface area contributed by atoms with E-state index in [9.17, 15) is 9.59 Å². The molecule has 17 heteroatoms. The number of carbonyl (C=O) groups is 1. The number of amides is 1. The lowest BCUT2D eigenvalue weighted by molar-refractivity contribution is -0.0592. The zero-order valence-electron chi connectivity index (χ0n) is 37.1. The van der Waals surface area contributed by atoms with Crippen molar-refractivity contribution in [2.45, 2.75) is 90.3 Å². The molecule has 3 aromatic carbocycles. The summed E-state index contributed by atoms with van der Waals surface area (Å²) in [5, 5.41) is 14.6. The average Bonchev–Trinajstić information content (AvgIpc) is 3.90. The quantitative estimate of drug-likeness (QED) is 0.173. The van der Waals surface area contributed by atoms with Crippen LogP contribution in [-0.4, -0.2) is 73.0 Å². The van der Waals surface area contributed by atoms with Gasteiger partial charge in [0.15, 0.2) is 11.6 Å². The Morgan fingerprint density at radius 1 is 0.938 bits per heavy atom. The highest BCUT2D eigenvalue weighted by Crippen LogP contribution is 2.56. The van der Waals surface area contributed by atoms with Gasteiger partial charge in [-0.2, -0.15) is 10.2 Å². The highest BCUT2D eigenvalue weighted by molar-refractivity contribution is 6.00. The number of carbonyl (C=O) groups excluding carboxylic acids is 1. The number of H-pyrrole nitrogens is 1. The van der Waals surface area contributed by atoms with E-state index < -0.39 is 28.8 Å². The van der Waals surface area contributed by atoms with Crippen molar-refractivity contribution in [3.05, 3.63) is 139 Å². The third-order valence-corrected chi connectivity index (χ3v) is 14.2. The molecule has 1 saturated heterocycles. The molecule has 4 atom stereocenters. The van der Waals surface area contributed by atoms with E-state index in [2.05, 4.69) is 54.2 Å².